The van der Waals surface area contributed by atoms with Gasteiger partial charge in [-0.25, -0.2) is 4.79 Å². The number of aromatic nitrogens is 1. The van der Waals surface area contributed by atoms with Gasteiger partial charge in [-0.2, -0.15) is 0 Å². The summed E-state index contributed by atoms with van der Waals surface area (Å²) in [4.78, 5) is 35.6. The van der Waals surface area contributed by atoms with Crippen molar-refractivity contribution in [3.8, 4) is 0 Å². The van der Waals surface area contributed by atoms with Crippen molar-refractivity contribution in [2.45, 2.75) is 31.6 Å². The van der Waals surface area contributed by atoms with Gasteiger partial charge in [0.15, 0.2) is 0 Å². The summed E-state index contributed by atoms with van der Waals surface area (Å²) in [6.07, 6.45) is 1.88. The van der Waals surface area contributed by atoms with Crippen molar-refractivity contribution in [3.05, 3.63) is 43.7 Å². The van der Waals surface area contributed by atoms with Gasteiger partial charge in [-0.05, 0) is 25.2 Å². The molecule has 2 rings (SSSR count). The Balaban J connectivity index is 2.90. The number of rotatable bonds is 7. The Bertz CT molecular complexity index is 936. The molecule has 140 valence electrons. The van der Waals surface area contributed by atoms with E-state index in [2.05, 4.69) is 0 Å². The topological polar surface area (TPSA) is 106 Å². The molecule has 0 unspecified atom stereocenters. The fourth-order valence-electron chi connectivity index (χ4n) is 2.85. The van der Waals surface area contributed by atoms with Crippen LogP contribution in [0.2, 0.25) is 0 Å². The van der Waals surface area contributed by atoms with Crippen molar-refractivity contribution in [3.63, 3.8) is 0 Å². The van der Waals surface area contributed by atoms with Crippen LogP contribution in [0.1, 0.15) is 35.8 Å². The van der Waals surface area contributed by atoms with Crippen molar-refractivity contribution in [1.29, 1.82) is 0 Å². The number of nitro groups is 1. The first-order valence-electron chi connectivity index (χ1n) is 8.12. The van der Waals surface area contributed by atoms with Gasteiger partial charge in [0.2, 0.25) is 5.43 Å². The van der Waals surface area contributed by atoms with E-state index < -0.39 is 16.3 Å². The normalized spacial score (nSPS) is 10.9. The molecule has 2 aromatic rings. The van der Waals surface area contributed by atoms with Crippen molar-refractivity contribution in [1.82, 2.24) is 4.68 Å². The second-order valence-electron chi connectivity index (χ2n) is 6.05. The highest BCUT2D eigenvalue weighted by Crippen LogP contribution is 2.33. The van der Waals surface area contributed by atoms with Crippen molar-refractivity contribution in [2.75, 3.05) is 24.9 Å². The zero-order valence-corrected chi connectivity index (χ0v) is 15.9. The molecule has 0 aliphatic carbocycles. The Morgan fingerprint density at radius 1 is 1.38 bits per heavy atom. The molecule has 0 atom stereocenters. The molecule has 0 saturated heterocycles. The Kier molecular flexibility index (Phi) is 5.91. The number of pyridine rings is 1. The Labute approximate surface area is 154 Å². The molecule has 0 radical (unpaired) electrons. The number of fused-ring (bicyclic) bond motifs is 1. The van der Waals surface area contributed by atoms with E-state index in [1.165, 1.54) is 17.8 Å². The van der Waals surface area contributed by atoms with Gasteiger partial charge in [-0.15, -0.1) is 11.8 Å². The van der Waals surface area contributed by atoms with Crippen LogP contribution in [-0.4, -0.2) is 40.5 Å². The number of aromatic carboxylic acids is 1. The van der Waals surface area contributed by atoms with Crippen molar-refractivity contribution < 1.29 is 14.8 Å². The molecule has 1 heterocycles. The number of unbranched alkanes of at least 4 members (excludes halogenated alkanes) is 1. The van der Waals surface area contributed by atoms with Crippen molar-refractivity contribution >= 4 is 34.3 Å². The van der Waals surface area contributed by atoms with E-state index in [0.29, 0.717) is 10.4 Å². The van der Waals surface area contributed by atoms with E-state index >= 15 is 0 Å². The SMILES string of the molecule is CCCCSc1cc2c(cc1[N+](=O)[O-])c(=O)c(C(=O)O)c(C)n2N(C)C. The monoisotopic (exact) mass is 379 g/mol. The predicted octanol–water partition coefficient (Wildman–Crippen LogP) is 3.01. The average molecular weight is 379 g/mol. The first-order chi connectivity index (χ1) is 12.2. The minimum atomic E-state index is -1.35. The summed E-state index contributed by atoms with van der Waals surface area (Å²) in [7, 11) is 3.43. The van der Waals surface area contributed by atoms with Crippen LogP contribution in [0.25, 0.3) is 10.9 Å². The third-order valence-electron chi connectivity index (χ3n) is 4.02. The summed E-state index contributed by atoms with van der Waals surface area (Å²) in [5, 5.41) is 22.6. The summed E-state index contributed by atoms with van der Waals surface area (Å²) in [6, 6.07) is 2.80. The lowest BCUT2D eigenvalue weighted by Crippen LogP contribution is -2.32. The largest absolute Gasteiger partial charge is 0.477 e. The first kappa shape index (κ1) is 19.8. The van der Waals surface area contributed by atoms with Crippen LogP contribution < -0.4 is 10.4 Å². The second-order valence-corrected chi connectivity index (χ2v) is 7.19. The van der Waals surface area contributed by atoms with Gasteiger partial charge in [0, 0.05) is 20.2 Å². The lowest BCUT2D eigenvalue weighted by Gasteiger charge is -2.24. The molecule has 0 amide bonds. The molecule has 1 aromatic carbocycles. The van der Waals surface area contributed by atoms with Crippen LogP contribution in [0.4, 0.5) is 5.69 Å². The molecule has 0 aliphatic heterocycles. The smallest absolute Gasteiger partial charge is 0.341 e. The highest BCUT2D eigenvalue weighted by atomic mass is 32.2. The van der Waals surface area contributed by atoms with E-state index in [1.807, 2.05) is 6.92 Å². The fraction of sp³-hybridized carbons (Fsp3) is 0.412. The maximum absolute atomic E-state index is 12.7. The van der Waals surface area contributed by atoms with Crippen molar-refractivity contribution in [2.24, 2.45) is 0 Å². The predicted molar refractivity (Wildman–Crippen MR) is 102 cm³/mol. The Hall–Kier alpha value is -2.55. The number of thioether (sulfide) groups is 1. The van der Waals surface area contributed by atoms with E-state index in [4.69, 9.17) is 0 Å². The molecule has 0 aliphatic rings. The number of carbonyl (C=O) groups is 1. The van der Waals surface area contributed by atoms with Crippen LogP contribution in [0, 0.1) is 17.0 Å². The average Bonchev–Trinajstić information content (AvgIpc) is 2.53. The fourth-order valence-corrected chi connectivity index (χ4v) is 3.98. The summed E-state index contributed by atoms with van der Waals surface area (Å²) in [5.41, 5.74) is -0.546. The Morgan fingerprint density at radius 3 is 2.54 bits per heavy atom. The zero-order chi connectivity index (χ0) is 19.6. The highest BCUT2D eigenvalue weighted by molar-refractivity contribution is 7.99. The summed E-state index contributed by atoms with van der Waals surface area (Å²) >= 11 is 1.37. The number of nitro benzene ring substituents is 1. The molecule has 1 N–H and O–H groups in total. The number of hydrogen-bond acceptors (Lipinski definition) is 6. The highest BCUT2D eigenvalue weighted by Gasteiger charge is 2.24. The van der Waals surface area contributed by atoms with E-state index in [1.54, 1.807) is 36.8 Å². The quantitative estimate of drug-likeness (QED) is 0.341. The lowest BCUT2D eigenvalue weighted by molar-refractivity contribution is -0.387. The summed E-state index contributed by atoms with van der Waals surface area (Å²) < 4.78 is 1.59. The number of carboxylic acid groups (broad SMARTS) is 1. The van der Waals surface area contributed by atoms with Gasteiger partial charge in [0.1, 0.15) is 5.56 Å². The zero-order valence-electron chi connectivity index (χ0n) is 15.1. The van der Waals surface area contributed by atoms with Crippen LogP contribution in [-0.2, 0) is 0 Å². The van der Waals surface area contributed by atoms with Crippen LogP contribution in [0.3, 0.4) is 0 Å². The number of hydrogen-bond donors (Lipinski definition) is 1. The third-order valence-corrected chi connectivity index (χ3v) is 5.15. The molecular formula is C17H21N3O5S. The maximum atomic E-state index is 12.7. The van der Waals surface area contributed by atoms with Crippen LogP contribution in [0.5, 0.6) is 0 Å². The molecule has 0 bridgehead atoms. The maximum Gasteiger partial charge on any atom is 0.341 e. The van der Waals surface area contributed by atoms with E-state index in [9.17, 15) is 24.8 Å². The lowest BCUT2D eigenvalue weighted by atomic mass is 10.1. The molecule has 26 heavy (non-hydrogen) atoms. The van der Waals surface area contributed by atoms with E-state index in [-0.39, 0.29) is 22.3 Å². The van der Waals surface area contributed by atoms with Gasteiger partial charge in [-0.3, -0.25) is 19.6 Å². The van der Waals surface area contributed by atoms with Gasteiger partial charge in [0.25, 0.3) is 5.69 Å². The molecular weight excluding hydrogens is 358 g/mol. The molecule has 0 saturated carbocycles. The number of carboxylic acids is 1. The van der Waals surface area contributed by atoms with Crippen LogP contribution >= 0.6 is 11.8 Å². The Morgan fingerprint density at radius 2 is 2.04 bits per heavy atom. The second kappa shape index (κ2) is 7.77. The number of nitrogens with zero attached hydrogens (tertiary/aromatic N) is 3. The van der Waals surface area contributed by atoms with Gasteiger partial charge in [-0.1, -0.05) is 13.3 Å². The van der Waals surface area contributed by atoms with Gasteiger partial charge >= 0.3 is 5.97 Å². The number of benzene rings is 1. The van der Waals surface area contributed by atoms with E-state index in [0.717, 1.165) is 18.6 Å². The van der Waals surface area contributed by atoms with Gasteiger partial charge in [0.05, 0.1) is 26.4 Å². The molecule has 0 fully saturated rings. The molecule has 0 spiro atoms. The summed E-state index contributed by atoms with van der Waals surface area (Å²) in [6.45, 7) is 3.59. The molecule has 9 heteroatoms. The first-order valence-corrected chi connectivity index (χ1v) is 9.10. The third kappa shape index (κ3) is 3.52. The van der Waals surface area contributed by atoms with Crippen LogP contribution in [0.15, 0.2) is 21.8 Å². The minimum absolute atomic E-state index is 0.0215. The molecule has 8 nitrogen and oxygen atoms in total. The molecule has 1 aromatic heterocycles. The minimum Gasteiger partial charge on any atom is -0.477 e. The summed E-state index contributed by atoms with van der Waals surface area (Å²) in [5.74, 6) is -0.629. The van der Waals surface area contributed by atoms with Gasteiger partial charge < -0.3 is 10.1 Å². The standard InChI is InChI=1S/C17H21N3O5S/c1-5-6-7-26-14-9-12-11(8-13(14)20(24)25)16(21)15(17(22)23)10(2)19(12)18(3)4/h8-9H,5-7H2,1-4H3,(H,22,23).